The first-order chi connectivity index (χ1) is 13.6. The van der Waals surface area contributed by atoms with Crippen LogP contribution in [0.3, 0.4) is 0 Å². The minimum absolute atomic E-state index is 0.190. The van der Waals surface area contributed by atoms with E-state index in [2.05, 4.69) is 32.6 Å². The average Bonchev–Trinajstić information content (AvgIpc) is 3.18. The Morgan fingerprint density at radius 3 is 2.48 bits per heavy atom. The number of aromatic nitrogens is 4. The van der Waals surface area contributed by atoms with Gasteiger partial charge in [0, 0.05) is 10.9 Å². The van der Waals surface area contributed by atoms with Gasteiger partial charge in [-0.3, -0.25) is 4.79 Å². The zero-order valence-electron chi connectivity index (χ0n) is 15.7. The lowest BCUT2D eigenvalue weighted by atomic mass is 9.98. The molecule has 0 unspecified atom stereocenters. The number of hydrogen-bond acceptors (Lipinski definition) is 7. The van der Waals surface area contributed by atoms with Crippen LogP contribution in [0.1, 0.15) is 22.5 Å². The van der Waals surface area contributed by atoms with Gasteiger partial charge >= 0.3 is 6.18 Å². The number of carbonyl (C=O) groups is 1. The minimum atomic E-state index is -4.72. The number of nitrogens with zero attached hydrogens (tertiary/aromatic N) is 4. The van der Waals surface area contributed by atoms with Crippen molar-refractivity contribution in [2.75, 3.05) is 16.9 Å². The number of thiazole rings is 1. The fraction of sp³-hybridized carbons (Fsp3) is 0.294. The van der Waals surface area contributed by atoms with Gasteiger partial charge in [-0.25, -0.2) is 9.66 Å². The van der Waals surface area contributed by atoms with Gasteiger partial charge in [0.1, 0.15) is 0 Å². The zero-order chi connectivity index (χ0) is 21.3. The quantitative estimate of drug-likeness (QED) is 0.461. The number of carbonyl (C=O) groups excluding carboxylic acids is 1. The van der Waals surface area contributed by atoms with Crippen LogP contribution in [-0.2, 0) is 11.0 Å². The number of hydrogen-bond donors (Lipinski definition) is 2. The molecule has 0 saturated carbocycles. The van der Waals surface area contributed by atoms with Gasteiger partial charge in [-0.1, -0.05) is 29.5 Å². The minimum Gasteiger partial charge on any atom is -0.335 e. The van der Waals surface area contributed by atoms with Gasteiger partial charge < -0.3 is 11.2 Å². The Hall–Kier alpha value is -2.60. The highest BCUT2D eigenvalue weighted by Crippen LogP contribution is 2.31. The lowest BCUT2D eigenvalue weighted by Crippen LogP contribution is -2.22. The van der Waals surface area contributed by atoms with Crippen LogP contribution in [0.25, 0.3) is 11.3 Å². The summed E-state index contributed by atoms with van der Waals surface area (Å²) in [6, 6.07) is 4.13. The molecule has 0 aliphatic heterocycles. The molecule has 2 aromatic heterocycles. The van der Waals surface area contributed by atoms with Gasteiger partial charge in [-0.15, -0.1) is 21.5 Å². The molecule has 0 saturated heterocycles. The largest absolute Gasteiger partial charge is 0.453 e. The number of benzene rings is 1. The van der Waals surface area contributed by atoms with Crippen LogP contribution in [0.5, 0.6) is 0 Å². The van der Waals surface area contributed by atoms with Crippen LogP contribution in [0.15, 0.2) is 22.7 Å². The highest BCUT2D eigenvalue weighted by Gasteiger charge is 2.38. The van der Waals surface area contributed by atoms with E-state index in [4.69, 9.17) is 5.84 Å². The molecule has 0 atom stereocenters. The number of nitrogens with two attached hydrogens (primary N) is 1. The fourth-order valence-electron chi connectivity index (χ4n) is 2.88. The molecule has 3 N–H and O–H groups in total. The molecule has 0 aliphatic carbocycles. The SMILES string of the molecule is Cc1cc(C)c(-c2csc(NC(=O)CSc3nnc(C(F)(F)F)n3N)n2)c(C)c1. The maximum atomic E-state index is 12.7. The van der Waals surface area contributed by atoms with Crippen molar-refractivity contribution in [1.82, 2.24) is 19.9 Å². The zero-order valence-corrected chi connectivity index (χ0v) is 17.3. The molecule has 7 nitrogen and oxygen atoms in total. The van der Waals surface area contributed by atoms with Crippen molar-refractivity contribution in [3.8, 4) is 11.3 Å². The highest BCUT2D eigenvalue weighted by atomic mass is 32.2. The van der Waals surface area contributed by atoms with E-state index >= 15 is 0 Å². The smallest absolute Gasteiger partial charge is 0.335 e. The summed E-state index contributed by atoms with van der Waals surface area (Å²) in [5.74, 6) is 3.39. The predicted molar refractivity (Wildman–Crippen MR) is 106 cm³/mol. The number of alkyl halides is 3. The number of nitrogen functional groups attached to an aromatic ring is 1. The second-order valence-corrected chi connectivity index (χ2v) is 8.12. The maximum Gasteiger partial charge on any atom is 0.453 e. The average molecular weight is 442 g/mol. The summed E-state index contributed by atoms with van der Waals surface area (Å²) in [7, 11) is 0. The summed E-state index contributed by atoms with van der Waals surface area (Å²) in [4.78, 5) is 16.6. The van der Waals surface area contributed by atoms with Gasteiger partial charge in [-0.05, 0) is 31.9 Å². The molecule has 1 amide bonds. The third-order valence-electron chi connectivity index (χ3n) is 3.93. The molecule has 3 aromatic rings. The van der Waals surface area contributed by atoms with Crippen molar-refractivity contribution < 1.29 is 18.0 Å². The van der Waals surface area contributed by atoms with E-state index in [0.29, 0.717) is 9.81 Å². The van der Waals surface area contributed by atoms with Gasteiger partial charge in [0.25, 0.3) is 5.82 Å². The standard InChI is InChI=1S/C17H17F3N6OS2/c1-8-4-9(2)13(10(3)5-8)11-6-28-15(22-11)23-12(27)7-29-16-25-24-14(26(16)21)17(18,19)20/h4-6H,7,21H2,1-3H3,(H,22,23,27). The normalized spacial score (nSPS) is 11.7. The van der Waals surface area contributed by atoms with E-state index in [9.17, 15) is 18.0 Å². The molecule has 1 aromatic carbocycles. The summed E-state index contributed by atoms with van der Waals surface area (Å²) in [6.45, 7) is 6.03. The molecule has 2 heterocycles. The maximum absolute atomic E-state index is 12.7. The molecular weight excluding hydrogens is 425 g/mol. The summed E-state index contributed by atoms with van der Waals surface area (Å²) in [5.41, 5.74) is 5.10. The van der Waals surface area contributed by atoms with Gasteiger partial charge in [0.2, 0.25) is 11.1 Å². The van der Waals surface area contributed by atoms with E-state index in [1.54, 1.807) is 0 Å². The molecule has 29 heavy (non-hydrogen) atoms. The van der Waals surface area contributed by atoms with Gasteiger partial charge in [-0.2, -0.15) is 13.2 Å². The predicted octanol–water partition coefficient (Wildman–Crippen LogP) is 3.79. The van der Waals surface area contributed by atoms with E-state index in [0.717, 1.165) is 39.7 Å². The molecule has 0 bridgehead atoms. The molecular formula is C17H17F3N6OS2. The Balaban J connectivity index is 1.65. The fourth-order valence-corrected chi connectivity index (χ4v) is 4.26. The molecule has 154 valence electrons. The first kappa shape index (κ1) is 21.1. The number of rotatable bonds is 5. The Kier molecular flexibility index (Phi) is 5.85. The van der Waals surface area contributed by atoms with E-state index in [1.165, 1.54) is 11.3 Å². The molecule has 0 radical (unpaired) electrons. The van der Waals surface area contributed by atoms with E-state index < -0.39 is 17.9 Å². The van der Waals surface area contributed by atoms with Gasteiger partial charge in [0.05, 0.1) is 11.4 Å². The van der Waals surface area contributed by atoms with Crippen molar-refractivity contribution in [3.63, 3.8) is 0 Å². The monoisotopic (exact) mass is 442 g/mol. The second-order valence-electron chi connectivity index (χ2n) is 6.32. The van der Waals surface area contributed by atoms with Crippen LogP contribution in [-0.4, -0.2) is 31.5 Å². The van der Waals surface area contributed by atoms with Crippen LogP contribution >= 0.6 is 23.1 Å². The Bertz CT molecular complexity index is 1040. The molecule has 0 spiro atoms. The molecule has 0 fully saturated rings. The number of anilines is 1. The van der Waals surface area contributed by atoms with Crippen molar-refractivity contribution in [2.24, 2.45) is 0 Å². The highest BCUT2D eigenvalue weighted by molar-refractivity contribution is 7.99. The van der Waals surface area contributed by atoms with Crippen molar-refractivity contribution in [2.45, 2.75) is 32.1 Å². The van der Waals surface area contributed by atoms with Crippen LogP contribution in [0.2, 0.25) is 0 Å². The van der Waals surface area contributed by atoms with Crippen molar-refractivity contribution >= 4 is 34.1 Å². The van der Waals surface area contributed by atoms with Crippen LogP contribution in [0, 0.1) is 20.8 Å². The second kappa shape index (κ2) is 8.03. The number of halogens is 3. The lowest BCUT2D eigenvalue weighted by molar-refractivity contribution is -0.146. The lowest BCUT2D eigenvalue weighted by Gasteiger charge is -2.08. The summed E-state index contributed by atoms with van der Waals surface area (Å²) in [6.07, 6.45) is -4.72. The molecule has 3 rings (SSSR count). The van der Waals surface area contributed by atoms with Crippen molar-refractivity contribution in [3.05, 3.63) is 40.0 Å². The molecule has 12 heteroatoms. The number of thioether (sulfide) groups is 1. The Morgan fingerprint density at radius 2 is 1.90 bits per heavy atom. The number of amides is 1. The number of nitrogens with one attached hydrogen (secondary N) is 1. The van der Waals surface area contributed by atoms with Crippen LogP contribution in [0.4, 0.5) is 18.3 Å². The van der Waals surface area contributed by atoms with Gasteiger partial charge in [0.15, 0.2) is 5.13 Å². The Morgan fingerprint density at radius 1 is 1.24 bits per heavy atom. The summed E-state index contributed by atoms with van der Waals surface area (Å²) >= 11 is 2.02. The third kappa shape index (κ3) is 4.70. The van der Waals surface area contributed by atoms with Crippen LogP contribution < -0.4 is 11.2 Å². The third-order valence-corrected chi connectivity index (χ3v) is 5.63. The first-order valence-electron chi connectivity index (χ1n) is 8.30. The molecule has 0 aliphatic rings. The van der Waals surface area contributed by atoms with E-state index in [1.807, 2.05) is 26.2 Å². The van der Waals surface area contributed by atoms with Crippen molar-refractivity contribution in [1.29, 1.82) is 0 Å². The Labute approximate surface area is 172 Å². The first-order valence-corrected chi connectivity index (χ1v) is 10.2. The number of aryl methyl sites for hydroxylation is 3. The topological polar surface area (TPSA) is 98.7 Å². The summed E-state index contributed by atoms with van der Waals surface area (Å²) in [5, 5.41) is 11.0. The summed E-state index contributed by atoms with van der Waals surface area (Å²) < 4.78 is 38.3. The van der Waals surface area contributed by atoms with E-state index in [-0.39, 0.29) is 10.9 Å².